The molecule has 1 rings (SSSR count). The molecule has 0 amide bonds. The molecule has 6 heteroatoms. The van der Waals surface area contributed by atoms with Crippen LogP contribution in [0, 0.1) is 5.92 Å². The number of piperidine rings is 1. The molecule has 0 spiro atoms. The van der Waals surface area contributed by atoms with Crippen LogP contribution in [0.1, 0.15) is 19.3 Å². The van der Waals surface area contributed by atoms with E-state index >= 15 is 0 Å². The highest BCUT2D eigenvalue weighted by Crippen LogP contribution is 2.20. The fourth-order valence-electron chi connectivity index (χ4n) is 1.54. The molecule has 1 unspecified atom stereocenters. The molecule has 1 heterocycles. The van der Waals surface area contributed by atoms with Crippen LogP contribution in [-0.4, -0.2) is 32.8 Å². The molecule has 78 valence electrons. The van der Waals surface area contributed by atoms with Crippen LogP contribution in [0.25, 0.3) is 0 Å². The van der Waals surface area contributed by atoms with Gasteiger partial charge >= 0.3 is 0 Å². The van der Waals surface area contributed by atoms with Gasteiger partial charge in [-0.15, -0.1) is 0 Å². The minimum atomic E-state index is -2.11. The third kappa shape index (κ3) is 4.93. The van der Waals surface area contributed by atoms with E-state index in [-0.39, 0.29) is 0 Å². The van der Waals surface area contributed by atoms with Gasteiger partial charge in [-0.05, 0) is 37.0 Å². The fraction of sp³-hybridized carbons (Fsp3) is 1.00. The molecule has 0 radical (unpaired) electrons. The molecule has 0 aliphatic carbocycles. The number of nitrogens with zero attached hydrogens (tertiary/aromatic N) is 1. The van der Waals surface area contributed by atoms with Gasteiger partial charge < -0.3 is 4.55 Å². The van der Waals surface area contributed by atoms with Crippen molar-refractivity contribution in [1.82, 2.24) is 9.14 Å². The third-order valence-corrected chi connectivity index (χ3v) is 3.11. The molecule has 1 saturated heterocycles. The van der Waals surface area contributed by atoms with Gasteiger partial charge in [0, 0.05) is 30.9 Å². The maximum atomic E-state index is 10.2. The maximum absolute atomic E-state index is 10.2. The summed E-state index contributed by atoms with van der Waals surface area (Å²) in [5, 5.41) is 0. The first kappa shape index (κ1) is 11.4. The highest BCUT2D eigenvalue weighted by molar-refractivity contribution is 7.77. The standard InChI is InChI=1S/C7H15ClN2O2S/c8-10-5-2-7(3-6-10)1-4-9-13(11)12/h7,9H,1-6H2,(H,11,12)/p-1. The zero-order valence-electron chi connectivity index (χ0n) is 7.37. The van der Waals surface area contributed by atoms with Crippen LogP contribution in [0.4, 0.5) is 0 Å². The van der Waals surface area contributed by atoms with Crippen LogP contribution < -0.4 is 4.72 Å². The van der Waals surface area contributed by atoms with Crippen LogP contribution >= 0.6 is 11.8 Å². The molecule has 1 N–H and O–H groups in total. The molecule has 1 fully saturated rings. The van der Waals surface area contributed by atoms with Crippen LogP contribution in [0.2, 0.25) is 0 Å². The summed E-state index contributed by atoms with van der Waals surface area (Å²) < 4.78 is 24.5. The Morgan fingerprint density at radius 1 is 1.54 bits per heavy atom. The number of halogens is 1. The van der Waals surface area contributed by atoms with Crippen molar-refractivity contribution in [2.75, 3.05) is 19.6 Å². The predicted octanol–water partition coefficient (Wildman–Crippen LogP) is 0.626. The van der Waals surface area contributed by atoms with E-state index in [1.165, 1.54) is 0 Å². The second kappa shape index (κ2) is 5.93. The minimum Gasteiger partial charge on any atom is -0.760 e. The van der Waals surface area contributed by atoms with Gasteiger partial charge in [0.25, 0.3) is 0 Å². The summed E-state index contributed by atoms with van der Waals surface area (Å²) >= 11 is 3.67. The second-order valence-corrected chi connectivity index (χ2v) is 4.51. The van der Waals surface area contributed by atoms with E-state index in [0.29, 0.717) is 12.5 Å². The molecule has 0 aromatic carbocycles. The van der Waals surface area contributed by atoms with E-state index in [1.807, 2.05) is 0 Å². The Morgan fingerprint density at radius 3 is 2.69 bits per heavy atom. The zero-order chi connectivity index (χ0) is 9.68. The number of rotatable bonds is 4. The molecule has 0 saturated carbocycles. The van der Waals surface area contributed by atoms with Gasteiger partial charge in [-0.2, -0.15) is 0 Å². The van der Waals surface area contributed by atoms with Crippen molar-refractivity contribution in [2.24, 2.45) is 5.92 Å². The zero-order valence-corrected chi connectivity index (χ0v) is 8.94. The Morgan fingerprint density at radius 2 is 2.15 bits per heavy atom. The van der Waals surface area contributed by atoms with Crippen LogP contribution in [0.5, 0.6) is 0 Å². The monoisotopic (exact) mass is 225 g/mol. The smallest absolute Gasteiger partial charge is 0.0181 e. The van der Waals surface area contributed by atoms with E-state index < -0.39 is 11.3 Å². The summed E-state index contributed by atoms with van der Waals surface area (Å²) in [6.07, 6.45) is 3.05. The Hall–Kier alpha value is 0.320. The van der Waals surface area contributed by atoms with Crippen LogP contribution in [0.3, 0.4) is 0 Å². The number of hydrogen-bond acceptors (Lipinski definition) is 3. The number of hydrogen-bond donors (Lipinski definition) is 1. The van der Waals surface area contributed by atoms with E-state index in [0.717, 1.165) is 32.4 Å². The molecule has 0 aromatic rings. The average molecular weight is 226 g/mol. The molecular weight excluding hydrogens is 212 g/mol. The predicted molar refractivity (Wildman–Crippen MR) is 51.7 cm³/mol. The van der Waals surface area contributed by atoms with E-state index in [1.54, 1.807) is 4.42 Å². The molecule has 0 aromatic heterocycles. The average Bonchev–Trinajstić information content (AvgIpc) is 2.08. The van der Waals surface area contributed by atoms with Crippen molar-refractivity contribution in [1.29, 1.82) is 0 Å². The largest absolute Gasteiger partial charge is 0.760 e. The maximum Gasteiger partial charge on any atom is 0.0181 e. The van der Waals surface area contributed by atoms with Crippen molar-refractivity contribution in [2.45, 2.75) is 19.3 Å². The van der Waals surface area contributed by atoms with Crippen molar-refractivity contribution < 1.29 is 8.76 Å². The topological polar surface area (TPSA) is 55.4 Å². The number of nitrogens with one attached hydrogen (secondary N) is 1. The first-order chi connectivity index (χ1) is 6.18. The highest BCUT2D eigenvalue weighted by atomic mass is 35.5. The van der Waals surface area contributed by atoms with E-state index in [2.05, 4.69) is 4.72 Å². The molecule has 1 aliphatic rings. The van der Waals surface area contributed by atoms with Gasteiger partial charge in [0.05, 0.1) is 0 Å². The summed E-state index contributed by atoms with van der Waals surface area (Å²) in [7, 11) is 0. The third-order valence-electron chi connectivity index (χ3n) is 2.33. The molecule has 1 aliphatic heterocycles. The SMILES string of the molecule is O=S([O-])NCCC1CCN(Cl)CC1. The lowest BCUT2D eigenvalue weighted by Crippen LogP contribution is -2.29. The Bertz CT molecular complexity index is 174. The van der Waals surface area contributed by atoms with Crippen molar-refractivity contribution in [3.05, 3.63) is 0 Å². The molecule has 1 atom stereocenters. The quantitative estimate of drug-likeness (QED) is 0.564. The summed E-state index contributed by atoms with van der Waals surface area (Å²) in [4.78, 5) is 0. The Balaban J connectivity index is 2.05. The van der Waals surface area contributed by atoms with Gasteiger partial charge in [-0.25, -0.2) is 9.14 Å². The van der Waals surface area contributed by atoms with Gasteiger partial charge in [0.2, 0.25) is 0 Å². The van der Waals surface area contributed by atoms with Gasteiger partial charge in [0.15, 0.2) is 0 Å². The van der Waals surface area contributed by atoms with E-state index in [9.17, 15) is 8.76 Å². The Labute approximate surface area is 86.2 Å². The highest BCUT2D eigenvalue weighted by Gasteiger charge is 2.16. The fourth-order valence-corrected chi connectivity index (χ4v) is 2.02. The summed E-state index contributed by atoms with van der Waals surface area (Å²) in [6, 6.07) is 0. The van der Waals surface area contributed by atoms with Crippen molar-refractivity contribution in [3.63, 3.8) is 0 Å². The molecule has 0 bridgehead atoms. The summed E-state index contributed by atoms with van der Waals surface area (Å²) in [5.41, 5.74) is 0. The molecule has 4 nitrogen and oxygen atoms in total. The van der Waals surface area contributed by atoms with Crippen LogP contribution in [-0.2, 0) is 11.3 Å². The molecule has 13 heavy (non-hydrogen) atoms. The molecular formula is C7H14ClN2O2S-. The lowest BCUT2D eigenvalue weighted by atomic mass is 9.95. The van der Waals surface area contributed by atoms with Crippen molar-refractivity contribution >= 4 is 23.0 Å². The van der Waals surface area contributed by atoms with Gasteiger partial charge in [-0.3, -0.25) is 4.21 Å². The van der Waals surface area contributed by atoms with Crippen molar-refractivity contribution in [3.8, 4) is 0 Å². The van der Waals surface area contributed by atoms with Crippen LogP contribution in [0.15, 0.2) is 0 Å². The van der Waals surface area contributed by atoms with Gasteiger partial charge in [-0.1, -0.05) is 0 Å². The normalized spacial score (nSPS) is 23.2. The first-order valence-electron chi connectivity index (χ1n) is 4.42. The second-order valence-electron chi connectivity index (χ2n) is 3.27. The first-order valence-corrected chi connectivity index (χ1v) is 5.83. The minimum absolute atomic E-state index is 0.545. The lowest BCUT2D eigenvalue weighted by molar-refractivity contribution is 0.273. The van der Waals surface area contributed by atoms with E-state index in [4.69, 9.17) is 11.8 Å². The Kier molecular flexibility index (Phi) is 5.20. The summed E-state index contributed by atoms with van der Waals surface area (Å²) in [5.74, 6) is 0.617. The lowest BCUT2D eigenvalue weighted by Gasteiger charge is -2.26. The summed E-state index contributed by atoms with van der Waals surface area (Å²) in [6.45, 7) is 2.36. The van der Waals surface area contributed by atoms with Gasteiger partial charge in [0.1, 0.15) is 0 Å².